The van der Waals surface area contributed by atoms with Gasteiger partial charge in [-0.1, -0.05) is 12.1 Å². The van der Waals surface area contributed by atoms with Crippen molar-refractivity contribution in [1.29, 1.82) is 10.7 Å². The van der Waals surface area contributed by atoms with E-state index < -0.39 is 35.7 Å². The first-order chi connectivity index (χ1) is 18.3. The number of nitrogens with two attached hydrogens (primary N) is 1. The van der Waals surface area contributed by atoms with Crippen LogP contribution < -0.4 is 10.6 Å². The first-order valence-corrected chi connectivity index (χ1v) is 11.9. The second-order valence-electron chi connectivity index (χ2n) is 9.24. The Morgan fingerprint density at radius 1 is 1.21 bits per heavy atom. The number of rotatable bonds is 7. The number of allylic oxidation sites excluding steroid dienone is 1. The fourth-order valence-corrected chi connectivity index (χ4v) is 4.61. The molecule has 39 heavy (non-hydrogen) atoms. The second-order valence-corrected chi connectivity index (χ2v) is 9.24. The molecule has 0 aromatic heterocycles. The van der Waals surface area contributed by atoms with E-state index in [2.05, 4.69) is 6.07 Å². The van der Waals surface area contributed by atoms with E-state index in [0.717, 1.165) is 35.6 Å². The molecule has 0 aliphatic carbocycles. The lowest BCUT2D eigenvalue weighted by molar-refractivity contribution is -0.138. The zero-order valence-corrected chi connectivity index (χ0v) is 22.0. The molecule has 3 rings (SSSR count). The summed E-state index contributed by atoms with van der Waals surface area (Å²) in [4.78, 5) is 29.9. The van der Waals surface area contributed by atoms with Gasteiger partial charge in [0.1, 0.15) is 6.04 Å². The van der Waals surface area contributed by atoms with Gasteiger partial charge in [0.2, 0.25) is 5.96 Å². The van der Waals surface area contributed by atoms with Crippen LogP contribution in [0.5, 0.6) is 0 Å². The summed E-state index contributed by atoms with van der Waals surface area (Å²) in [5.41, 5.74) is 6.14. The molecule has 0 saturated heterocycles. The standard InChI is InChI=1S/C27H29F3N6O3/c1-16-22(24(37)39-4)23(21-11-10-17(15-31)13-18(21)7-6-12-34(2)3)36(26(33)38)25(32)35(16)20-9-5-8-19(14-20)27(28,29)30/h5,8-11,13-14,23,32H,6-7,12H2,1-4H3,(H2,33,38). The van der Waals surface area contributed by atoms with Crippen LogP contribution in [0.1, 0.15) is 41.6 Å². The van der Waals surface area contributed by atoms with Crippen LogP contribution in [0.25, 0.3) is 0 Å². The summed E-state index contributed by atoms with van der Waals surface area (Å²) in [7, 11) is 4.96. The number of nitrogens with zero attached hydrogens (tertiary/aromatic N) is 4. The first kappa shape index (κ1) is 29.2. The molecule has 9 nitrogen and oxygen atoms in total. The van der Waals surface area contributed by atoms with Gasteiger partial charge in [-0.3, -0.25) is 15.2 Å². The second kappa shape index (κ2) is 11.6. The van der Waals surface area contributed by atoms with Crippen molar-refractivity contribution in [2.75, 3.05) is 32.6 Å². The lowest BCUT2D eigenvalue weighted by atomic mass is 9.87. The van der Waals surface area contributed by atoms with E-state index in [1.807, 2.05) is 19.0 Å². The number of carbonyl (C=O) groups is 2. The highest BCUT2D eigenvalue weighted by Gasteiger charge is 2.44. The number of hydrogen-bond acceptors (Lipinski definition) is 6. The Hall–Kier alpha value is -4.37. The number of methoxy groups -OCH3 is 1. The minimum atomic E-state index is -4.66. The minimum absolute atomic E-state index is 0.0803. The van der Waals surface area contributed by atoms with Crippen LogP contribution in [0, 0.1) is 16.7 Å². The molecule has 0 saturated carbocycles. The third-order valence-corrected chi connectivity index (χ3v) is 6.39. The quantitative estimate of drug-likeness (QED) is 0.500. The fourth-order valence-electron chi connectivity index (χ4n) is 4.61. The number of esters is 1. The SMILES string of the molecule is COC(=O)C1=C(C)N(c2cccc(C(F)(F)F)c2)C(=N)N(C(N)=O)C1c1ccc(C#N)cc1CCCN(C)C. The summed E-state index contributed by atoms with van der Waals surface area (Å²) in [6.45, 7) is 2.18. The van der Waals surface area contributed by atoms with Gasteiger partial charge in [-0.25, -0.2) is 9.59 Å². The van der Waals surface area contributed by atoms with Crippen LogP contribution in [-0.4, -0.2) is 55.5 Å². The summed E-state index contributed by atoms with van der Waals surface area (Å²) in [5, 5.41) is 18.3. The van der Waals surface area contributed by atoms with Crippen molar-refractivity contribution < 1.29 is 27.5 Å². The third kappa shape index (κ3) is 6.04. The first-order valence-electron chi connectivity index (χ1n) is 11.9. The largest absolute Gasteiger partial charge is 0.466 e. The van der Waals surface area contributed by atoms with Crippen LogP contribution in [-0.2, 0) is 22.1 Å². The molecular formula is C27H29F3N6O3. The van der Waals surface area contributed by atoms with E-state index in [9.17, 15) is 28.0 Å². The summed E-state index contributed by atoms with van der Waals surface area (Å²) in [5.74, 6) is -1.39. The summed E-state index contributed by atoms with van der Waals surface area (Å²) >= 11 is 0. The molecule has 0 spiro atoms. The number of primary amides is 1. The van der Waals surface area contributed by atoms with Gasteiger partial charge in [-0.15, -0.1) is 0 Å². The maximum absolute atomic E-state index is 13.5. The molecule has 2 amide bonds. The van der Waals surface area contributed by atoms with Crippen molar-refractivity contribution in [2.24, 2.45) is 5.73 Å². The Morgan fingerprint density at radius 3 is 2.46 bits per heavy atom. The number of amides is 2. The number of nitriles is 1. The van der Waals surface area contributed by atoms with Gasteiger partial charge in [-0.05, 0) is 81.9 Å². The van der Waals surface area contributed by atoms with E-state index in [0.29, 0.717) is 29.5 Å². The average molecular weight is 543 g/mol. The Bertz CT molecular complexity index is 1360. The van der Waals surface area contributed by atoms with Crippen LogP contribution in [0.2, 0.25) is 0 Å². The van der Waals surface area contributed by atoms with Gasteiger partial charge in [0.05, 0.1) is 29.9 Å². The van der Waals surface area contributed by atoms with Crippen molar-refractivity contribution in [3.8, 4) is 6.07 Å². The molecule has 2 aromatic carbocycles. The van der Waals surface area contributed by atoms with E-state index in [1.54, 1.807) is 12.1 Å². The molecule has 1 atom stereocenters. The van der Waals surface area contributed by atoms with Crippen LogP contribution in [0.4, 0.5) is 23.7 Å². The molecule has 206 valence electrons. The van der Waals surface area contributed by atoms with Crippen molar-refractivity contribution in [3.05, 3.63) is 76.0 Å². The van der Waals surface area contributed by atoms with Gasteiger partial charge in [-0.2, -0.15) is 18.4 Å². The average Bonchev–Trinajstić information content (AvgIpc) is 2.87. The van der Waals surface area contributed by atoms with Crippen molar-refractivity contribution >= 4 is 23.6 Å². The maximum atomic E-state index is 13.5. The Balaban J connectivity index is 2.29. The number of ether oxygens (including phenoxy) is 1. The zero-order valence-electron chi connectivity index (χ0n) is 22.0. The number of hydrogen-bond donors (Lipinski definition) is 2. The maximum Gasteiger partial charge on any atom is 0.416 e. The molecule has 1 aliphatic rings. The molecule has 2 aromatic rings. The molecule has 0 bridgehead atoms. The fraction of sp³-hybridized carbons (Fsp3) is 0.333. The molecule has 12 heteroatoms. The number of nitrogens with one attached hydrogen (secondary N) is 1. The highest BCUT2D eigenvalue weighted by atomic mass is 19.4. The van der Waals surface area contributed by atoms with Gasteiger partial charge in [0.15, 0.2) is 0 Å². The summed E-state index contributed by atoms with van der Waals surface area (Å²) in [6, 6.07) is 8.72. The van der Waals surface area contributed by atoms with E-state index in [1.165, 1.54) is 25.1 Å². The Kier molecular flexibility index (Phi) is 8.66. The van der Waals surface area contributed by atoms with E-state index in [4.69, 9.17) is 15.9 Å². The van der Waals surface area contributed by atoms with E-state index in [-0.39, 0.29) is 17.0 Å². The number of guanidine groups is 1. The van der Waals surface area contributed by atoms with Crippen molar-refractivity contribution in [2.45, 2.75) is 32.0 Å². The zero-order chi connectivity index (χ0) is 29.1. The molecular weight excluding hydrogens is 513 g/mol. The predicted octanol–water partition coefficient (Wildman–Crippen LogP) is 4.40. The molecule has 0 fully saturated rings. The van der Waals surface area contributed by atoms with E-state index >= 15 is 0 Å². The van der Waals surface area contributed by atoms with Gasteiger partial charge in [0.25, 0.3) is 0 Å². The van der Waals surface area contributed by atoms with Crippen molar-refractivity contribution in [1.82, 2.24) is 9.80 Å². The van der Waals surface area contributed by atoms with Gasteiger partial charge < -0.3 is 15.4 Å². The van der Waals surface area contributed by atoms with Crippen LogP contribution >= 0.6 is 0 Å². The van der Waals surface area contributed by atoms with Crippen LogP contribution in [0.3, 0.4) is 0 Å². The highest BCUT2D eigenvalue weighted by molar-refractivity contribution is 6.10. The monoisotopic (exact) mass is 542 g/mol. The molecule has 3 N–H and O–H groups in total. The Morgan fingerprint density at radius 2 is 1.90 bits per heavy atom. The number of anilines is 1. The highest BCUT2D eigenvalue weighted by Crippen LogP contribution is 2.42. The Labute approximate surface area is 224 Å². The number of halogens is 3. The van der Waals surface area contributed by atoms with Crippen molar-refractivity contribution in [3.63, 3.8) is 0 Å². The molecule has 0 radical (unpaired) electrons. The van der Waals surface area contributed by atoms with Crippen LogP contribution in [0.15, 0.2) is 53.7 Å². The number of alkyl halides is 3. The lowest BCUT2D eigenvalue weighted by Crippen LogP contribution is -2.55. The normalized spacial score (nSPS) is 16.0. The summed E-state index contributed by atoms with van der Waals surface area (Å²) < 4.78 is 45.4. The topological polar surface area (TPSA) is 127 Å². The number of aryl methyl sites for hydroxylation is 1. The molecule has 1 unspecified atom stereocenters. The smallest absolute Gasteiger partial charge is 0.416 e. The summed E-state index contributed by atoms with van der Waals surface area (Å²) in [6.07, 6.45) is -3.50. The predicted molar refractivity (Wildman–Crippen MR) is 139 cm³/mol. The van der Waals surface area contributed by atoms with Gasteiger partial charge >= 0.3 is 18.2 Å². The number of urea groups is 1. The van der Waals surface area contributed by atoms with Gasteiger partial charge in [0, 0.05) is 11.4 Å². The minimum Gasteiger partial charge on any atom is -0.466 e. The molecule has 1 aliphatic heterocycles. The lowest BCUT2D eigenvalue weighted by Gasteiger charge is -2.43. The number of carbonyl (C=O) groups excluding carboxylic acids is 2. The number of benzene rings is 2. The third-order valence-electron chi connectivity index (χ3n) is 6.39. The molecule has 1 heterocycles.